The van der Waals surface area contributed by atoms with E-state index in [1.54, 1.807) is 18.2 Å². The second-order valence-electron chi connectivity index (χ2n) is 9.99. The van der Waals surface area contributed by atoms with Crippen LogP contribution in [0.15, 0.2) is 36.4 Å². The number of likely N-dealkylation sites (tertiary alicyclic amines) is 1. The predicted molar refractivity (Wildman–Crippen MR) is 130 cm³/mol. The second kappa shape index (κ2) is 8.45. The quantitative estimate of drug-likeness (QED) is 0.601. The van der Waals surface area contributed by atoms with E-state index < -0.39 is 23.3 Å². The van der Waals surface area contributed by atoms with Crippen LogP contribution < -0.4 is 10.6 Å². The lowest BCUT2D eigenvalue weighted by molar-refractivity contribution is -0.131. The Morgan fingerprint density at radius 1 is 1.00 bits per heavy atom. The van der Waals surface area contributed by atoms with Crippen LogP contribution in [0.5, 0.6) is 0 Å². The maximum atomic E-state index is 13.6. The highest BCUT2D eigenvalue weighted by molar-refractivity contribution is 6.30. The van der Waals surface area contributed by atoms with E-state index in [1.165, 1.54) is 17.0 Å². The van der Waals surface area contributed by atoms with Crippen LogP contribution in [0.2, 0.25) is 5.02 Å². The SMILES string of the molecule is O=C1Nc2ccc(Cl)cc2C2(CCN(CCCN3C(=O)NC4(CCc5cc(F)ccc54)C3=O)CC2)O1. The van der Waals surface area contributed by atoms with Crippen LogP contribution in [0.4, 0.5) is 19.7 Å². The van der Waals surface area contributed by atoms with Crippen molar-refractivity contribution < 1.29 is 23.5 Å². The molecule has 2 fully saturated rings. The Morgan fingerprint density at radius 3 is 2.61 bits per heavy atom. The van der Waals surface area contributed by atoms with Gasteiger partial charge in [0.15, 0.2) is 0 Å². The van der Waals surface area contributed by atoms with Gasteiger partial charge >= 0.3 is 12.1 Å². The third kappa shape index (κ3) is 3.64. The van der Waals surface area contributed by atoms with E-state index in [0.29, 0.717) is 68.9 Å². The van der Waals surface area contributed by atoms with E-state index >= 15 is 0 Å². The van der Waals surface area contributed by atoms with Crippen molar-refractivity contribution in [3.8, 4) is 0 Å². The van der Waals surface area contributed by atoms with Crippen LogP contribution in [-0.2, 0) is 27.1 Å². The van der Waals surface area contributed by atoms with E-state index in [1.807, 2.05) is 6.07 Å². The van der Waals surface area contributed by atoms with Crippen LogP contribution in [0, 0.1) is 5.82 Å². The maximum Gasteiger partial charge on any atom is 0.412 e. The molecule has 1 unspecified atom stereocenters. The molecule has 0 aromatic heterocycles. The van der Waals surface area contributed by atoms with Crippen molar-refractivity contribution in [2.75, 3.05) is 31.5 Å². The zero-order valence-electron chi connectivity index (χ0n) is 19.6. The van der Waals surface area contributed by atoms with Gasteiger partial charge in [-0.15, -0.1) is 0 Å². The van der Waals surface area contributed by atoms with E-state index in [4.69, 9.17) is 16.3 Å². The highest BCUT2D eigenvalue weighted by Crippen LogP contribution is 2.45. The minimum atomic E-state index is -1.08. The molecule has 1 aliphatic carbocycles. The molecule has 0 radical (unpaired) electrons. The second-order valence-corrected chi connectivity index (χ2v) is 10.4. The number of halogens is 2. The van der Waals surface area contributed by atoms with Gasteiger partial charge in [-0.05, 0) is 67.3 Å². The Labute approximate surface area is 212 Å². The number of rotatable bonds is 4. The molecule has 2 spiro atoms. The Morgan fingerprint density at radius 2 is 1.81 bits per heavy atom. The Balaban J connectivity index is 1.08. The lowest BCUT2D eigenvalue weighted by atomic mass is 9.82. The van der Waals surface area contributed by atoms with Crippen molar-refractivity contribution in [1.29, 1.82) is 0 Å². The smallest absolute Gasteiger partial charge is 0.412 e. The number of carbonyl (C=O) groups excluding carboxylic acids is 3. The molecule has 36 heavy (non-hydrogen) atoms. The molecule has 8 nitrogen and oxygen atoms in total. The number of aryl methyl sites for hydroxylation is 1. The summed E-state index contributed by atoms with van der Waals surface area (Å²) in [6, 6.07) is 9.40. The van der Waals surface area contributed by atoms with Gasteiger partial charge in [-0.2, -0.15) is 0 Å². The fourth-order valence-corrected chi connectivity index (χ4v) is 6.33. The monoisotopic (exact) mass is 512 g/mol. The summed E-state index contributed by atoms with van der Waals surface area (Å²) in [7, 11) is 0. The molecule has 4 amide bonds. The normalized spacial score (nSPS) is 24.5. The van der Waals surface area contributed by atoms with Crippen molar-refractivity contribution in [3.63, 3.8) is 0 Å². The van der Waals surface area contributed by atoms with Crippen LogP contribution >= 0.6 is 11.6 Å². The first-order chi connectivity index (χ1) is 17.3. The number of nitrogens with zero attached hydrogens (tertiary/aromatic N) is 2. The number of carbonyl (C=O) groups is 3. The molecule has 2 saturated heterocycles. The van der Waals surface area contributed by atoms with Crippen LogP contribution in [0.3, 0.4) is 0 Å². The topological polar surface area (TPSA) is 91.0 Å². The number of imide groups is 1. The summed E-state index contributed by atoms with van der Waals surface area (Å²) in [5, 5.41) is 6.23. The first-order valence-corrected chi connectivity index (χ1v) is 12.6. The molecular formula is C26H26ClFN4O4. The minimum absolute atomic E-state index is 0.259. The highest BCUT2D eigenvalue weighted by Gasteiger charge is 2.55. The Kier molecular flexibility index (Phi) is 5.46. The molecule has 0 bridgehead atoms. The highest BCUT2D eigenvalue weighted by atomic mass is 35.5. The number of urea groups is 1. The summed E-state index contributed by atoms with van der Waals surface area (Å²) in [6.45, 7) is 2.43. The number of ether oxygens (including phenoxy) is 1. The van der Waals surface area contributed by atoms with Crippen LogP contribution in [0.1, 0.15) is 42.4 Å². The predicted octanol–water partition coefficient (Wildman–Crippen LogP) is 4.12. The Bertz CT molecular complexity index is 1280. The summed E-state index contributed by atoms with van der Waals surface area (Å²) in [6.07, 6.45) is 2.43. The standard InChI is InChI=1S/C26H26ClFN4O4/c27-17-2-5-21-20(15-17)25(36-24(35)29-21)8-12-31(13-9-25)10-1-11-32-22(33)26(30-23(32)34)7-6-16-14-18(28)3-4-19(16)26/h2-5,14-15H,1,6-13H2,(H,29,35)(H,30,34). The van der Waals surface area contributed by atoms with Gasteiger partial charge in [-0.25, -0.2) is 14.0 Å². The summed E-state index contributed by atoms with van der Waals surface area (Å²) < 4.78 is 19.4. The molecule has 0 saturated carbocycles. The molecular weight excluding hydrogens is 487 g/mol. The summed E-state index contributed by atoms with van der Waals surface area (Å²) in [5.41, 5.74) is 1.32. The summed E-state index contributed by atoms with van der Waals surface area (Å²) >= 11 is 6.22. The van der Waals surface area contributed by atoms with E-state index in [2.05, 4.69) is 15.5 Å². The molecule has 2 aromatic rings. The van der Waals surface area contributed by atoms with Gasteiger partial charge in [0.1, 0.15) is 17.0 Å². The van der Waals surface area contributed by atoms with Crippen LogP contribution in [0.25, 0.3) is 0 Å². The minimum Gasteiger partial charge on any atom is -0.438 e. The largest absolute Gasteiger partial charge is 0.438 e. The number of hydrogen-bond donors (Lipinski definition) is 2. The number of hydrogen-bond acceptors (Lipinski definition) is 5. The number of anilines is 1. The molecule has 1 atom stereocenters. The van der Waals surface area contributed by atoms with Gasteiger partial charge in [0, 0.05) is 43.1 Å². The third-order valence-corrected chi connectivity index (χ3v) is 8.22. The lowest BCUT2D eigenvalue weighted by Gasteiger charge is -2.44. The lowest BCUT2D eigenvalue weighted by Crippen LogP contribution is -2.48. The van der Waals surface area contributed by atoms with Crippen molar-refractivity contribution in [2.24, 2.45) is 0 Å². The number of piperidine rings is 1. The average molecular weight is 513 g/mol. The van der Waals surface area contributed by atoms with Gasteiger partial charge in [0.2, 0.25) is 0 Å². The van der Waals surface area contributed by atoms with Crippen molar-refractivity contribution in [3.05, 3.63) is 63.9 Å². The molecule has 2 N–H and O–H groups in total. The number of nitrogens with one attached hydrogen (secondary N) is 2. The van der Waals surface area contributed by atoms with Crippen molar-refractivity contribution in [1.82, 2.24) is 15.1 Å². The van der Waals surface area contributed by atoms with Crippen molar-refractivity contribution in [2.45, 2.75) is 43.2 Å². The number of fused-ring (bicyclic) bond motifs is 4. The van der Waals surface area contributed by atoms with E-state index in [9.17, 15) is 18.8 Å². The van der Waals surface area contributed by atoms with E-state index in [-0.39, 0.29) is 11.7 Å². The summed E-state index contributed by atoms with van der Waals surface area (Å²) in [5.74, 6) is -0.598. The number of benzene rings is 2. The molecule has 4 aliphatic rings. The van der Waals surface area contributed by atoms with Gasteiger partial charge in [-0.3, -0.25) is 15.0 Å². The van der Waals surface area contributed by atoms with Gasteiger partial charge in [0.25, 0.3) is 5.91 Å². The zero-order valence-corrected chi connectivity index (χ0v) is 20.4. The summed E-state index contributed by atoms with van der Waals surface area (Å²) in [4.78, 5) is 41.8. The molecule has 10 heteroatoms. The fraction of sp³-hybridized carbons (Fsp3) is 0.423. The average Bonchev–Trinajstić information content (AvgIpc) is 3.32. The van der Waals surface area contributed by atoms with Crippen LogP contribution in [-0.4, -0.2) is 54.0 Å². The number of amides is 4. The Hall–Kier alpha value is -3.17. The first kappa shape index (κ1) is 23.2. The molecule has 3 aliphatic heterocycles. The zero-order chi connectivity index (χ0) is 25.1. The van der Waals surface area contributed by atoms with Gasteiger partial charge in [0.05, 0.1) is 5.69 Å². The molecule has 3 heterocycles. The maximum absolute atomic E-state index is 13.6. The molecule has 6 rings (SSSR count). The molecule has 188 valence electrons. The van der Waals surface area contributed by atoms with Crippen molar-refractivity contribution >= 4 is 35.3 Å². The third-order valence-electron chi connectivity index (χ3n) is 7.99. The van der Waals surface area contributed by atoms with Gasteiger partial charge in [-0.1, -0.05) is 17.7 Å². The van der Waals surface area contributed by atoms with Gasteiger partial charge < -0.3 is 15.0 Å². The molecule has 2 aromatic carbocycles. The van der Waals surface area contributed by atoms with E-state index in [0.717, 1.165) is 16.8 Å². The fourth-order valence-electron chi connectivity index (χ4n) is 6.16. The first-order valence-electron chi connectivity index (χ1n) is 12.3.